The fourth-order valence-corrected chi connectivity index (χ4v) is 2.61. The van der Waals surface area contributed by atoms with Crippen LogP contribution in [-0.2, 0) is 4.79 Å². The van der Waals surface area contributed by atoms with E-state index >= 15 is 0 Å². The molecule has 0 spiro atoms. The van der Waals surface area contributed by atoms with Gasteiger partial charge in [-0.05, 0) is 55.7 Å². The summed E-state index contributed by atoms with van der Waals surface area (Å²) in [5.74, 6) is -0.124. The van der Waals surface area contributed by atoms with Gasteiger partial charge in [-0.15, -0.1) is 0 Å². The van der Waals surface area contributed by atoms with Gasteiger partial charge in [0, 0.05) is 17.7 Å². The summed E-state index contributed by atoms with van der Waals surface area (Å²) in [4.78, 5) is 28.4. The lowest BCUT2D eigenvalue weighted by atomic mass is 10.1. The van der Waals surface area contributed by atoms with E-state index in [1.807, 2.05) is 0 Å². The van der Waals surface area contributed by atoms with E-state index in [2.05, 4.69) is 20.4 Å². The average Bonchev–Trinajstić information content (AvgIpc) is 3.51. The van der Waals surface area contributed by atoms with Crippen molar-refractivity contribution in [3.8, 4) is 5.75 Å². The zero-order valence-corrected chi connectivity index (χ0v) is 15.6. The Balaban J connectivity index is 1.62. The number of nitrogens with zero attached hydrogens (tertiary/aromatic N) is 1. The van der Waals surface area contributed by atoms with E-state index in [0.29, 0.717) is 5.82 Å². The van der Waals surface area contributed by atoms with Gasteiger partial charge in [0.05, 0.1) is 6.04 Å². The van der Waals surface area contributed by atoms with Gasteiger partial charge < -0.3 is 15.4 Å². The Hall–Kier alpha value is -3.10. The van der Waals surface area contributed by atoms with Crippen LogP contribution in [0.4, 0.5) is 19.0 Å². The van der Waals surface area contributed by atoms with Gasteiger partial charge >= 0.3 is 6.18 Å². The van der Waals surface area contributed by atoms with Crippen LogP contribution < -0.4 is 15.4 Å². The van der Waals surface area contributed by atoms with Crippen LogP contribution in [-0.4, -0.2) is 29.6 Å². The number of carbonyl (C=O) groups is 2. The Labute approximate surface area is 165 Å². The van der Waals surface area contributed by atoms with Crippen molar-refractivity contribution in [2.24, 2.45) is 5.92 Å². The molecule has 6 nitrogen and oxygen atoms in total. The van der Waals surface area contributed by atoms with Crippen LogP contribution in [0.2, 0.25) is 0 Å². The van der Waals surface area contributed by atoms with Gasteiger partial charge in [0.15, 0.2) is 6.61 Å². The number of aromatic nitrogens is 1. The van der Waals surface area contributed by atoms with Crippen LogP contribution in [0.5, 0.6) is 5.75 Å². The first-order chi connectivity index (χ1) is 13.7. The number of hydrogen-bond donors (Lipinski definition) is 2. The third-order valence-electron chi connectivity index (χ3n) is 4.33. The Morgan fingerprint density at radius 3 is 2.69 bits per heavy atom. The summed E-state index contributed by atoms with van der Waals surface area (Å²) in [5.41, 5.74) is 0.900. The zero-order chi connectivity index (χ0) is 21.0. The molecule has 1 saturated carbocycles. The highest BCUT2D eigenvalue weighted by atomic mass is 19.4. The van der Waals surface area contributed by atoms with Crippen molar-refractivity contribution in [3.63, 3.8) is 0 Å². The Morgan fingerprint density at radius 1 is 1.24 bits per heavy atom. The molecule has 1 fully saturated rings. The molecule has 2 amide bonds. The van der Waals surface area contributed by atoms with Crippen molar-refractivity contribution in [3.05, 3.63) is 53.7 Å². The molecule has 154 valence electrons. The molecule has 29 heavy (non-hydrogen) atoms. The summed E-state index contributed by atoms with van der Waals surface area (Å²) in [6.07, 6.45) is -1.17. The largest absolute Gasteiger partial charge is 0.484 e. The minimum absolute atomic E-state index is 0.0448. The maximum atomic E-state index is 12.5. The predicted molar refractivity (Wildman–Crippen MR) is 99.5 cm³/mol. The maximum absolute atomic E-state index is 12.5. The highest BCUT2D eigenvalue weighted by Crippen LogP contribution is 2.30. The Kier molecular flexibility index (Phi) is 6.05. The molecule has 9 heteroatoms. The van der Waals surface area contributed by atoms with E-state index in [9.17, 15) is 22.8 Å². The molecule has 1 unspecified atom stereocenters. The van der Waals surface area contributed by atoms with E-state index in [0.717, 1.165) is 18.4 Å². The molecule has 1 atom stereocenters. The number of ether oxygens (including phenoxy) is 1. The van der Waals surface area contributed by atoms with Gasteiger partial charge in [0.2, 0.25) is 5.91 Å². The minimum Gasteiger partial charge on any atom is -0.484 e. The molecule has 2 aromatic rings. The summed E-state index contributed by atoms with van der Waals surface area (Å²) >= 11 is 0. The summed E-state index contributed by atoms with van der Waals surface area (Å²) in [5, 5.41) is 5.52. The smallest absolute Gasteiger partial charge is 0.422 e. The quantitative estimate of drug-likeness (QED) is 0.730. The molecule has 2 N–H and O–H groups in total. The number of hydrogen-bond acceptors (Lipinski definition) is 4. The van der Waals surface area contributed by atoms with Crippen LogP contribution in [0.15, 0.2) is 42.6 Å². The molecule has 1 heterocycles. The fraction of sp³-hybridized carbons (Fsp3) is 0.350. The first-order valence-corrected chi connectivity index (χ1v) is 9.08. The second-order valence-electron chi connectivity index (χ2n) is 6.86. The third kappa shape index (κ3) is 6.20. The lowest BCUT2D eigenvalue weighted by molar-refractivity contribution is -0.153. The summed E-state index contributed by atoms with van der Waals surface area (Å²) in [6.45, 7) is 0.324. The van der Waals surface area contributed by atoms with Gasteiger partial charge in [-0.3, -0.25) is 9.59 Å². The molecule has 1 aromatic carbocycles. The molecule has 0 saturated heterocycles. The van der Waals surface area contributed by atoms with Crippen molar-refractivity contribution in [2.75, 3.05) is 11.9 Å². The SMILES string of the molecule is CC(NC(=O)c1cccc(OCC(F)(F)F)c1)c1ccnc(NC(=O)C2CC2)c1. The topological polar surface area (TPSA) is 80.3 Å². The minimum atomic E-state index is -4.46. The third-order valence-corrected chi connectivity index (χ3v) is 4.33. The monoisotopic (exact) mass is 407 g/mol. The Bertz CT molecular complexity index is 898. The summed E-state index contributed by atoms with van der Waals surface area (Å²) in [6, 6.07) is 8.50. The molecule has 1 aliphatic rings. The molecular formula is C20H20F3N3O3. The van der Waals surface area contributed by atoms with Crippen LogP contribution in [0.1, 0.15) is 41.7 Å². The van der Waals surface area contributed by atoms with Gasteiger partial charge in [0.25, 0.3) is 5.91 Å². The summed E-state index contributed by atoms with van der Waals surface area (Å²) < 4.78 is 41.5. The van der Waals surface area contributed by atoms with Gasteiger partial charge in [-0.2, -0.15) is 13.2 Å². The van der Waals surface area contributed by atoms with Crippen molar-refractivity contribution in [1.29, 1.82) is 0 Å². The summed E-state index contributed by atoms with van der Waals surface area (Å²) in [7, 11) is 0. The second kappa shape index (κ2) is 8.50. The zero-order valence-electron chi connectivity index (χ0n) is 15.6. The van der Waals surface area contributed by atoms with Gasteiger partial charge in [0.1, 0.15) is 11.6 Å². The number of rotatable bonds is 7. The van der Waals surface area contributed by atoms with Crippen molar-refractivity contribution in [2.45, 2.75) is 32.0 Å². The number of carbonyl (C=O) groups excluding carboxylic acids is 2. The average molecular weight is 407 g/mol. The van der Waals surface area contributed by atoms with Crippen LogP contribution in [0.3, 0.4) is 0 Å². The van der Waals surface area contributed by atoms with E-state index in [-0.39, 0.29) is 23.1 Å². The number of benzene rings is 1. The fourth-order valence-electron chi connectivity index (χ4n) is 2.61. The Morgan fingerprint density at radius 2 is 2.00 bits per heavy atom. The van der Waals surface area contributed by atoms with Gasteiger partial charge in [-0.1, -0.05) is 6.07 Å². The molecule has 1 aliphatic carbocycles. The number of amides is 2. The van der Waals surface area contributed by atoms with Crippen molar-refractivity contribution < 1.29 is 27.5 Å². The number of pyridine rings is 1. The molecule has 0 bridgehead atoms. The molecule has 3 rings (SSSR count). The first-order valence-electron chi connectivity index (χ1n) is 9.08. The number of alkyl halides is 3. The lowest BCUT2D eigenvalue weighted by Crippen LogP contribution is -2.27. The highest BCUT2D eigenvalue weighted by molar-refractivity contribution is 5.95. The highest BCUT2D eigenvalue weighted by Gasteiger charge is 2.30. The predicted octanol–water partition coefficient (Wildman–Crippen LogP) is 3.86. The van der Waals surface area contributed by atoms with E-state index < -0.39 is 24.7 Å². The van der Waals surface area contributed by atoms with Crippen LogP contribution >= 0.6 is 0 Å². The molecule has 1 aromatic heterocycles. The van der Waals surface area contributed by atoms with Crippen molar-refractivity contribution in [1.82, 2.24) is 10.3 Å². The van der Waals surface area contributed by atoms with Crippen LogP contribution in [0.25, 0.3) is 0 Å². The van der Waals surface area contributed by atoms with Gasteiger partial charge in [-0.25, -0.2) is 4.98 Å². The van der Waals surface area contributed by atoms with E-state index in [1.165, 1.54) is 30.5 Å². The second-order valence-corrected chi connectivity index (χ2v) is 6.86. The lowest BCUT2D eigenvalue weighted by Gasteiger charge is -2.16. The molecular weight excluding hydrogens is 387 g/mol. The molecule has 0 aliphatic heterocycles. The molecule has 0 radical (unpaired) electrons. The van der Waals surface area contributed by atoms with Crippen LogP contribution in [0, 0.1) is 5.92 Å². The first kappa shape index (κ1) is 20.6. The number of halogens is 3. The maximum Gasteiger partial charge on any atom is 0.422 e. The number of nitrogens with one attached hydrogen (secondary N) is 2. The normalized spacial score (nSPS) is 14.8. The van der Waals surface area contributed by atoms with E-state index in [4.69, 9.17) is 0 Å². The van der Waals surface area contributed by atoms with Crippen molar-refractivity contribution >= 4 is 17.6 Å². The standard InChI is InChI=1S/C20H20F3N3O3/c1-12(14-7-8-24-17(10-14)26-18(27)13-5-6-13)25-19(28)15-3-2-4-16(9-15)29-11-20(21,22)23/h2-4,7-10,12-13H,5-6,11H2,1H3,(H,25,28)(H,24,26,27). The number of anilines is 1. The van der Waals surface area contributed by atoms with E-state index in [1.54, 1.807) is 19.1 Å².